The first-order chi connectivity index (χ1) is 9.15. The molecule has 0 saturated carbocycles. The summed E-state index contributed by atoms with van der Waals surface area (Å²) in [5.41, 5.74) is 2.88. The molecule has 4 nitrogen and oxygen atoms in total. The quantitative estimate of drug-likeness (QED) is 0.843. The molecule has 0 spiro atoms. The average Bonchev–Trinajstić information content (AvgIpc) is 2.46. The van der Waals surface area contributed by atoms with Gasteiger partial charge in [0, 0.05) is 37.3 Å². The van der Waals surface area contributed by atoms with Crippen LogP contribution in [0.5, 0.6) is 0 Å². The van der Waals surface area contributed by atoms with Crippen molar-refractivity contribution in [2.75, 3.05) is 25.0 Å². The number of hydrogen-bond donors (Lipinski definition) is 1. The first-order valence-corrected chi connectivity index (χ1v) is 6.68. The van der Waals surface area contributed by atoms with E-state index in [1.807, 2.05) is 25.1 Å². The van der Waals surface area contributed by atoms with Crippen molar-refractivity contribution in [1.29, 1.82) is 0 Å². The maximum absolute atomic E-state index is 11.6. The summed E-state index contributed by atoms with van der Waals surface area (Å²) in [6, 6.07) is 5.89. The van der Waals surface area contributed by atoms with E-state index in [0.717, 1.165) is 49.0 Å². The van der Waals surface area contributed by atoms with E-state index in [2.05, 4.69) is 10.2 Å². The summed E-state index contributed by atoms with van der Waals surface area (Å²) >= 11 is 0. The molecule has 1 N–H and O–H groups in total. The predicted octanol–water partition coefficient (Wildman–Crippen LogP) is 1.77. The molecular weight excluding hydrogens is 240 g/mol. The maximum atomic E-state index is 11.6. The molecule has 1 saturated heterocycles. The van der Waals surface area contributed by atoms with Crippen LogP contribution in [-0.4, -0.2) is 32.3 Å². The summed E-state index contributed by atoms with van der Waals surface area (Å²) in [6.45, 7) is 3.72. The molecule has 0 aromatic heterocycles. The van der Waals surface area contributed by atoms with Crippen LogP contribution in [0.15, 0.2) is 18.2 Å². The fraction of sp³-hybridized carbons (Fsp3) is 0.467. The fourth-order valence-electron chi connectivity index (χ4n) is 2.59. The highest BCUT2D eigenvalue weighted by Crippen LogP contribution is 2.25. The van der Waals surface area contributed by atoms with E-state index in [9.17, 15) is 9.59 Å². The van der Waals surface area contributed by atoms with Gasteiger partial charge in [0.1, 0.15) is 6.29 Å². The third-order valence-corrected chi connectivity index (χ3v) is 3.86. The monoisotopic (exact) mass is 260 g/mol. The molecule has 0 bridgehead atoms. The van der Waals surface area contributed by atoms with Crippen LogP contribution < -0.4 is 10.2 Å². The van der Waals surface area contributed by atoms with E-state index >= 15 is 0 Å². The molecule has 0 atom stereocenters. The van der Waals surface area contributed by atoms with E-state index in [-0.39, 0.29) is 11.8 Å². The fourth-order valence-corrected chi connectivity index (χ4v) is 2.59. The maximum Gasteiger partial charge on any atom is 0.222 e. The standard InChI is InChI=1S/C15H20N2O2/c1-11-9-14(4-3-13(11)10-18)17-7-5-12(6-8-17)15(19)16-2/h3-4,9-10,12H,5-8H2,1-2H3,(H,16,19). The first kappa shape index (κ1) is 13.6. The predicted molar refractivity (Wildman–Crippen MR) is 75.6 cm³/mol. The molecule has 0 aliphatic carbocycles. The smallest absolute Gasteiger partial charge is 0.222 e. The van der Waals surface area contributed by atoms with E-state index in [1.54, 1.807) is 7.05 Å². The van der Waals surface area contributed by atoms with Crippen molar-refractivity contribution in [3.05, 3.63) is 29.3 Å². The lowest BCUT2D eigenvalue weighted by Gasteiger charge is -2.33. The molecule has 4 heteroatoms. The van der Waals surface area contributed by atoms with Gasteiger partial charge < -0.3 is 10.2 Å². The highest BCUT2D eigenvalue weighted by atomic mass is 16.1. The Labute approximate surface area is 113 Å². The average molecular weight is 260 g/mol. The van der Waals surface area contributed by atoms with Gasteiger partial charge in [0.15, 0.2) is 0 Å². The van der Waals surface area contributed by atoms with Crippen LogP contribution in [-0.2, 0) is 4.79 Å². The largest absolute Gasteiger partial charge is 0.371 e. The van der Waals surface area contributed by atoms with Gasteiger partial charge in [-0.3, -0.25) is 9.59 Å². The van der Waals surface area contributed by atoms with Crippen LogP contribution in [0.3, 0.4) is 0 Å². The van der Waals surface area contributed by atoms with Crippen molar-refractivity contribution in [2.45, 2.75) is 19.8 Å². The number of aldehydes is 1. The van der Waals surface area contributed by atoms with Gasteiger partial charge in [-0.15, -0.1) is 0 Å². The minimum atomic E-state index is 0.136. The van der Waals surface area contributed by atoms with Crippen LogP contribution in [0.1, 0.15) is 28.8 Å². The van der Waals surface area contributed by atoms with Crippen LogP contribution in [0.4, 0.5) is 5.69 Å². The molecule has 1 aromatic carbocycles. The van der Waals surface area contributed by atoms with Crippen LogP contribution in [0.2, 0.25) is 0 Å². The van der Waals surface area contributed by atoms with Crippen LogP contribution in [0.25, 0.3) is 0 Å². The van der Waals surface area contributed by atoms with Gasteiger partial charge in [-0.2, -0.15) is 0 Å². The molecule has 19 heavy (non-hydrogen) atoms. The minimum absolute atomic E-state index is 0.136. The number of amides is 1. The van der Waals surface area contributed by atoms with Crippen LogP contribution >= 0.6 is 0 Å². The summed E-state index contributed by atoms with van der Waals surface area (Å²) < 4.78 is 0. The lowest BCUT2D eigenvalue weighted by atomic mass is 9.95. The normalized spacial score (nSPS) is 16.2. The highest BCUT2D eigenvalue weighted by Gasteiger charge is 2.24. The minimum Gasteiger partial charge on any atom is -0.371 e. The van der Waals surface area contributed by atoms with E-state index < -0.39 is 0 Å². The van der Waals surface area contributed by atoms with Crippen molar-refractivity contribution in [3.8, 4) is 0 Å². The van der Waals surface area contributed by atoms with Gasteiger partial charge in [-0.1, -0.05) is 0 Å². The van der Waals surface area contributed by atoms with E-state index in [4.69, 9.17) is 0 Å². The van der Waals surface area contributed by atoms with Crippen molar-refractivity contribution in [1.82, 2.24) is 5.32 Å². The Balaban J connectivity index is 2.03. The summed E-state index contributed by atoms with van der Waals surface area (Å²) in [6.07, 6.45) is 2.65. The Morgan fingerprint density at radius 3 is 2.58 bits per heavy atom. The second-order valence-corrected chi connectivity index (χ2v) is 5.03. The topological polar surface area (TPSA) is 49.4 Å². The molecular formula is C15H20N2O2. The van der Waals surface area contributed by atoms with Gasteiger partial charge >= 0.3 is 0 Å². The molecule has 0 radical (unpaired) electrons. The molecule has 1 aliphatic heterocycles. The Bertz CT molecular complexity index is 477. The second kappa shape index (κ2) is 5.87. The van der Waals surface area contributed by atoms with Gasteiger partial charge in [0.2, 0.25) is 5.91 Å². The number of hydrogen-bond acceptors (Lipinski definition) is 3. The van der Waals surface area contributed by atoms with Gasteiger partial charge in [0.05, 0.1) is 0 Å². The number of anilines is 1. The number of nitrogens with zero attached hydrogens (tertiary/aromatic N) is 1. The molecule has 1 amide bonds. The number of carbonyl (C=O) groups is 2. The van der Waals surface area contributed by atoms with E-state index in [1.165, 1.54) is 0 Å². The number of carbonyl (C=O) groups excluding carboxylic acids is 2. The molecule has 102 valence electrons. The lowest BCUT2D eigenvalue weighted by molar-refractivity contribution is -0.125. The van der Waals surface area contributed by atoms with Gasteiger partial charge in [0.25, 0.3) is 0 Å². The number of rotatable bonds is 3. The Hall–Kier alpha value is -1.84. The Kier molecular flexibility index (Phi) is 4.20. The summed E-state index contributed by atoms with van der Waals surface area (Å²) in [5, 5.41) is 2.72. The number of piperidine rings is 1. The first-order valence-electron chi connectivity index (χ1n) is 6.68. The zero-order valence-corrected chi connectivity index (χ0v) is 11.5. The zero-order valence-electron chi connectivity index (χ0n) is 11.5. The number of benzene rings is 1. The number of aryl methyl sites for hydroxylation is 1. The highest BCUT2D eigenvalue weighted by molar-refractivity contribution is 5.79. The van der Waals surface area contributed by atoms with Crippen LogP contribution in [0, 0.1) is 12.8 Å². The third-order valence-electron chi connectivity index (χ3n) is 3.86. The van der Waals surface area contributed by atoms with Crippen molar-refractivity contribution in [2.24, 2.45) is 5.92 Å². The molecule has 1 aliphatic rings. The van der Waals surface area contributed by atoms with Gasteiger partial charge in [-0.05, 0) is 43.5 Å². The SMILES string of the molecule is CNC(=O)C1CCN(c2ccc(C=O)c(C)c2)CC1. The summed E-state index contributed by atoms with van der Waals surface area (Å²) in [5.74, 6) is 0.281. The van der Waals surface area contributed by atoms with Crippen molar-refractivity contribution in [3.63, 3.8) is 0 Å². The molecule has 1 fully saturated rings. The van der Waals surface area contributed by atoms with Gasteiger partial charge in [-0.25, -0.2) is 0 Å². The Morgan fingerprint density at radius 1 is 1.37 bits per heavy atom. The molecule has 0 unspecified atom stereocenters. The second-order valence-electron chi connectivity index (χ2n) is 5.03. The summed E-state index contributed by atoms with van der Waals surface area (Å²) in [4.78, 5) is 24.7. The Morgan fingerprint density at radius 2 is 2.05 bits per heavy atom. The van der Waals surface area contributed by atoms with Crippen molar-refractivity contribution < 1.29 is 9.59 Å². The lowest BCUT2D eigenvalue weighted by Crippen LogP contribution is -2.39. The van der Waals surface area contributed by atoms with E-state index in [0.29, 0.717) is 0 Å². The summed E-state index contributed by atoms with van der Waals surface area (Å²) in [7, 11) is 1.69. The third kappa shape index (κ3) is 2.95. The zero-order chi connectivity index (χ0) is 13.8. The molecule has 1 aromatic rings. The molecule has 2 rings (SSSR count). The van der Waals surface area contributed by atoms with Crippen molar-refractivity contribution >= 4 is 17.9 Å². The number of nitrogens with one attached hydrogen (secondary N) is 1. The molecule has 1 heterocycles.